The van der Waals surface area contributed by atoms with Crippen molar-refractivity contribution >= 4 is 27.6 Å². The lowest BCUT2D eigenvalue weighted by molar-refractivity contribution is -0.119. The molecule has 0 radical (unpaired) electrons. The van der Waals surface area contributed by atoms with E-state index in [9.17, 15) is 31.2 Å². The van der Waals surface area contributed by atoms with Crippen LogP contribution in [0.15, 0.2) is 41.3 Å². The monoisotopic (exact) mass is 444 g/mol. The number of benzene rings is 2. The maximum absolute atomic E-state index is 14.0. The van der Waals surface area contributed by atoms with E-state index in [0.717, 1.165) is 40.7 Å². The Bertz CT molecular complexity index is 1060. The van der Waals surface area contributed by atoms with E-state index < -0.39 is 57.2 Å². The molecular weight excluding hydrogens is 425 g/mol. The van der Waals surface area contributed by atoms with Crippen LogP contribution in [0.4, 0.5) is 18.9 Å². The lowest BCUT2D eigenvalue weighted by atomic mass is 10.2. The molecule has 0 saturated heterocycles. The van der Waals surface area contributed by atoms with Crippen LogP contribution in [-0.2, 0) is 19.6 Å². The van der Waals surface area contributed by atoms with Crippen molar-refractivity contribution in [2.45, 2.75) is 18.7 Å². The molecule has 1 N–H and O–H groups in total. The third kappa shape index (κ3) is 5.36. The molecule has 7 nitrogen and oxygen atoms in total. The molecule has 0 aliphatic heterocycles. The first-order valence-electron chi connectivity index (χ1n) is 8.81. The number of halogens is 3. The summed E-state index contributed by atoms with van der Waals surface area (Å²) in [5.74, 6) is -5.04. The smallest absolute Gasteiger partial charge is 0.341 e. The largest absolute Gasteiger partial charge is 0.452 e. The minimum atomic E-state index is -3.95. The van der Waals surface area contributed by atoms with Crippen LogP contribution < -0.4 is 5.32 Å². The highest BCUT2D eigenvalue weighted by Gasteiger charge is 2.25. The van der Waals surface area contributed by atoms with Gasteiger partial charge in [-0.2, -0.15) is 4.31 Å². The zero-order chi connectivity index (χ0) is 22.5. The number of anilines is 1. The first-order valence-corrected chi connectivity index (χ1v) is 10.3. The quantitative estimate of drug-likeness (QED) is 0.632. The third-order valence-electron chi connectivity index (χ3n) is 4.04. The second kappa shape index (κ2) is 9.72. The summed E-state index contributed by atoms with van der Waals surface area (Å²) in [5.41, 5.74) is -1.15. The average molecular weight is 444 g/mol. The molecule has 0 aliphatic carbocycles. The number of amides is 1. The van der Waals surface area contributed by atoms with Crippen molar-refractivity contribution in [3.63, 3.8) is 0 Å². The van der Waals surface area contributed by atoms with Gasteiger partial charge in [-0.05, 0) is 30.3 Å². The van der Waals surface area contributed by atoms with Gasteiger partial charge in [0, 0.05) is 19.2 Å². The molecule has 0 aromatic heterocycles. The number of nitrogens with zero attached hydrogens (tertiary/aromatic N) is 1. The third-order valence-corrected chi connectivity index (χ3v) is 6.08. The average Bonchev–Trinajstić information content (AvgIpc) is 2.69. The number of hydrogen-bond acceptors (Lipinski definition) is 5. The van der Waals surface area contributed by atoms with E-state index in [-0.39, 0.29) is 18.0 Å². The van der Waals surface area contributed by atoms with Gasteiger partial charge in [-0.1, -0.05) is 13.8 Å². The van der Waals surface area contributed by atoms with Gasteiger partial charge in [-0.15, -0.1) is 0 Å². The van der Waals surface area contributed by atoms with Crippen molar-refractivity contribution in [1.29, 1.82) is 0 Å². The molecule has 162 valence electrons. The second-order valence-corrected chi connectivity index (χ2v) is 7.92. The highest BCUT2D eigenvalue weighted by Crippen LogP contribution is 2.20. The Balaban J connectivity index is 2.13. The molecule has 11 heteroatoms. The van der Waals surface area contributed by atoms with Gasteiger partial charge in [0.2, 0.25) is 10.0 Å². The minimum absolute atomic E-state index is 0.173. The van der Waals surface area contributed by atoms with Gasteiger partial charge in [-0.3, -0.25) is 4.79 Å². The standard InChI is InChI=1S/C19H19F3N2O5S/c1-3-24(4-2)30(27,28)13-6-8-15(21)14(10-13)19(26)29-11-18(25)23-17-9-12(20)5-7-16(17)22/h5-10H,3-4,11H2,1-2H3,(H,23,25). The molecule has 0 spiro atoms. The summed E-state index contributed by atoms with van der Waals surface area (Å²) in [6.07, 6.45) is 0. The zero-order valence-electron chi connectivity index (χ0n) is 16.1. The Morgan fingerprint density at radius 2 is 1.63 bits per heavy atom. The van der Waals surface area contributed by atoms with Crippen LogP contribution in [0, 0.1) is 17.5 Å². The minimum Gasteiger partial charge on any atom is -0.452 e. The van der Waals surface area contributed by atoms with Crippen LogP contribution in [-0.4, -0.2) is 44.3 Å². The van der Waals surface area contributed by atoms with Crippen LogP contribution >= 0.6 is 0 Å². The van der Waals surface area contributed by atoms with Crippen LogP contribution in [0.1, 0.15) is 24.2 Å². The fourth-order valence-corrected chi connectivity index (χ4v) is 4.01. The van der Waals surface area contributed by atoms with Crippen molar-refractivity contribution in [2.75, 3.05) is 25.0 Å². The topological polar surface area (TPSA) is 92.8 Å². The summed E-state index contributed by atoms with van der Waals surface area (Å²) in [7, 11) is -3.95. The van der Waals surface area contributed by atoms with Crippen molar-refractivity contribution in [3.8, 4) is 0 Å². The van der Waals surface area contributed by atoms with E-state index in [1.165, 1.54) is 0 Å². The summed E-state index contributed by atoms with van der Waals surface area (Å²) in [6.45, 7) is 2.67. The van der Waals surface area contributed by atoms with E-state index in [0.29, 0.717) is 0 Å². The number of rotatable bonds is 8. The molecule has 1 amide bonds. The van der Waals surface area contributed by atoms with Gasteiger partial charge in [0.05, 0.1) is 16.1 Å². The Morgan fingerprint density at radius 3 is 2.27 bits per heavy atom. The Kier molecular flexibility index (Phi) is 7.57. The number of hydrogen-bond donors (Lipinski definition) is 1. The highest BCUT2D eigenvalue weighted by molar-refractivity contribution is 7.89. The summed E-state index contributed by atoms with van der Waals surface area (Å²) in [6, 6.07) is 5.02. The summed E-state index contributed by atoms with van der Waals surface area (Å²) in [4.78, 5) is 23.6. The van der Waals surface area contributed by atoms with E-state index in [1.54, 1.807) is 13.8 Å². The maximum atomic E-state index is 14.0. The second-order valence-electron chi connectivity index (χ2n) is 5.98. The molecule has 0 aliphatic rings. The van der Waals surface area contributed by atoms with E-state index in [4.69, 9.17) is 0 Å². The molecule has 0 unspecified atom stereocenters. The molecule has 0 bridgehead atoms. The number of carbonyl (C=O) groups excluding carboxylic acids is 2. The Hall–Kier alpha value is -2.92. The molecule has 0 fully saturated rings. The molecule has 30 heavy (non-hydrogen) atoms. The lowest BCUT2D eigenvalue weighted by Gasteiger charge is -2.18. The number of carbonyl (C=O) groups is 2. The fraction of sp³-hybridized carbons (Fsp3) is 0.263. The van der Waals surface area contributed by atoms with E-state index in [1.807, 2.05) is 5.32 Å². The van der Waals surface area contributed by atoms with Gasteiger partial charge < -0.3 is 10.1 Å². The number of sulfonamides is 1. The van der Waals surface area contributed by atoms with E-state index >= 15 is 0 Å². The van der Waals surface area contributed by atoms with E-state index in [2.05, 4.69) is 4.74 Å². The van der Waals surface area contributed by atoms with Gasteiger partial charge in [0.25, 0.3) is 5.91 Å². The van der Waals surface area contributed by atoms with Gasteiger partial charge in [-0.25, -0.2) is 26.4 Å². The van der Waals surface area contributed by atoms with Crippen molar-refractivity contribution in [1.82, 2.24) is 4.31 Å². The molecule has 2 rings (SSSR count). The predicted octanol–water partition coefficient (Wildman–Crippen LogP) is 2.93. The van der Waals surface area contributed by atoms with Crippen LogP contribution in [0.2, 0.25) is 0 Å². The number of nitrogens with one attached hydrogen (secondary N) is 1. The van der Waals surface area contributed by atoms with Gasteiger partial charge in [0.15, 0.2) is 6.61 Å². The Morgan fingerprint density at radius 1 is 1.00 bits per heavy atom. The summed E-state index contributed by atoms with van der Waals surface area (Å²) in [5, 5.41) is 2.01. The van der Waals surface area contributed by atoms with Crippen LogP contribution in [0.5, 0.6) is 0 Å². The fourth-order valence-electron chi connectivity index (χ4n) is 2.52. The van der Waals surface area contributed by atoms with Crippen molar-refractivity contribution in [3.05, 3.63) is 59.4 Å². The maximum Gasteiger partial charge on any atom is 0.341 e. The first-order chi connectivity index (χ1) is 14.1. The lowest BCUT2D eigenvalue weighted by Crippen LogP contribution is -2.30. The van der Waals surface area contributed by atoms with Gasteiger partial charge in [0.1, 0.15) is 17.5 Å². The van der Waals surface area contributed by atoms with Crippen LogP contribution in [0.3, 0.4) is 0 Å². The number of ether oxygens (including phenoxy) is 1. The van der Waals surface area contributed by atoms with Crippen LogP contribution in [0.25, 0.3) is 0 Å². The molecule has 0 atom stereocenters. The van der Waals surface area contributed by atoms with Gasteiger partial charge >= 0.3 is 5.97 Å². The number of esters is 1. The highest BCUT2D eigenvalue weighted by atomic mass is 32.2. The molecular formula is C19H19F3N2O5S. The predicted molar refractivity (Wildman–Crippen MR) is 102 cm³/mol. The summed E-state index contributed by atoms with van der Waals surface area (Å²) >= 11 is 0. The zero-order valence-corrected chi connectivity index (χ0v) is 16.9. The molecule has 0 saturated carbocycles. The first kappa shape index (κ1) is 23.4. The Labute approximate surface area is 171 Å². The molecule has 2 aromatic carbocycles. The SMILES string of the molecule is CCN(CC)S(=O)(=O)c1ccc(F)c(C(=O)OCC(=O)Nc2cc(F)ccc2F)c1. The van der Waals surface area contributed by atoms with Crippen molar-refractivity contribution in [2.24, 2.45) is 0 Å². The molecule has 0 heterocycles. The van der Waals surface area contributed by atoms with Crippen molar-refractivity contribution < 1.29 is 35.9 Å². The summed E-state index contributed by atoms with van der Waals surface area (Å²) < 4.78 is 71.6. The molecule has 2 aromatic rings. The normalized spacial score (nSPS) is 11.4.